The number of allylic oxidation sites excluding steroid dienone is 1. The van der Waals surface area contributed by atoms with E-state index in [9.17, 15) is 4.79 Å². The minimum Gasteiger partial charge on any atom is -0.288 e. The van der Waals surface area contributed by atoms with Crippen molar-refractivity contribution in [1.82, 2.24) is 4.98 Å². The van der Waals surface area contributed by atoms with E-state index in [1.807, 2.05) is 36.4 Å². The van der Waals surface area contributed by atoms with E-state index in [2.05, 4.69) is 35.3 Å². The van der Waals surface area contributed by atoms with Crippen LogP contribution in [-0.2, 0) is 0 Å². The standard InChI is InChI=1S/C22H15NO/c24-22(21-11-5-6-14-23-21)13-12-20-18-9-3-1-7-16(18)15-17-8-2-4-10-19(17)20/h1-15H/b13-12+. The minimum absolute atomic E-state index is 0.0902. The molecule has 114 valence electrons. The van der Waals surface area contributed by atoms with Crippen molar-refractivity contribution < 1.29 is 4.79 Å². The van der Waals surface area contributed by atoms with Gasteiger partial charge < -0.3 is 0 Å². The molecule has 24 heavy (non-hydrogen) atoms. The average molecular weight is 309 g/mol. The molecule has 0 unspecified atom stereocenters. The van der Waals surface area contributed by atoms with Crippen LogP contribution in [0.1, 0.15) is 16.1 Å². The molecule has 0 radical (unpaired) electrons. The van der Waals surface area contributed by atoms with E-state index in [-0.39, 0.29) is 5.78 Å². The Labute approximate surface area is 140 Å². The predicted molar refractivity (Wildman–Crippen MR) is 99.1 cm³/mol. The molecule has 4 aromatic rings. The van der Waals surface area contributed by atoms with Gasteiger partial charge in [0.1, 0.15) is 5.69 Å². The zero-order valence-electron chi connectivity index (χ0n) is 13.0. The van der Waals surface area contributed by atoms with Crippen molar-refractivity contribution in [3.63, 3.8) is 0 Å². The molecule has 1 heterocycles. The molecule has 0 atom stereocenters. The normalized spacial score (nSPS) is 11.3. The van der Waals surface area contributed by atoms with Gasteiger partial charge in [-0.05, 0) is 57.5 Å². The molecular formula is C22H15NO. The number of hydrogen-bond acceptors (Lipinski definition) is 2. The molecular weight excluding hydrogens is 294 g/mol. The Bertz CT molecular complexity index is 1010. The first-order chi connectivity index (χ1) is 11.8. The molecule has 0 aliphatic carbocycles. The van der Waals surface area contributed by atoms with E-state index < -0.39 is 0 Å². The van der Waals surface area contributed by atoms with Gasteiger partial charge >= 0.3 is 0 Å². The predicted octanol–water partition coefficient (Wildman–Crippen LogP) is 5.28. The Morgan fingerprint density at radius 2 is 1.42 bits per heavy atom. The Hall–Kier alpha value is -3.26. The van der Waals surface area contributed by atoms with Crippen LogP contribution in [0.2, 0.25) is 0 Å². The number of carbonyl (C=O) groups excluding carboxylic acids is 1. The van der Waals surface area contributed by atoms with E-state index in [1.165, 1.54) is 10.8 Å². The van der Waals surface area contributed by atoms with Gasteiger partial charge in [-0.15, -0.1) is 0 Å². The maximum absolute atomic E-state index is 12.3. The van der Waals surface area contributed by atoms with Gasteiger partial charge in [0.15, 0.2) is 0 Å². The highest BCUT2D eigenvalue weighted by Crippen LogP contribution is 2.29. The fourth-order valence-corrected chi connectivity index (χ4v) is 2.98. The van der Waals surface area contributed by atoms with Gasteiger partial charge in [0.05, 0.1) is 0 Å². The van der Waals surface area contributed by atoms with Crippen molar-refractivity contribution in [2.24, 2.45) is 0 Å². The van der Waals surface area contributed by atoms with E-state index in [1.54, 1.807) is 24.4 Å². The molecule has 4 rings (SSSR count). The Morgan fingerprint density at radius 3 is 2.04 bits per heavy atom. The van der Waals surface area contributed by atoms with Crippen molar-refractivity contribution in [1.29, 1.82) is 0 Å². The number of nitrogens with zero attached hydrogens (tertiary/aromatic N) is 1. The third kappa shape index (κ3) is 2.59. The first kappa shape index (κ1) is 14.3. The summed E-state index contributed by atoms with van der Waals surface area (Å²) in [6, 6.07) is 24.0. The van der Waals surface area contributed by atoms with Gasteiger partial charge in [-0.3, -0.25) is 9.78 Å². The molecule has 0 N–H and O–H groups in total. The highest BCUT2D eigenvalue weighted by atomic mass is 16.1. The van der Waals surface area contributed by atoms with Crippen LogP contribution in [0.4, 0.5) is 0 Å². The van der Waals surface area contributed by atoms with Gasteiger partial charge in [-0.25, -0.2) is 0 Å². The molecule has 0 amide bonds. The van der Waals surface area contributed by atoms with Crippen LogP contribution in [0, 0.1) is 0 Å². The van der Waals surface area contributed by atoms with Crippen molar-refractivity contribution in [3.05, 3.63) is 96.3 Å². The molecule has 0 aliphatic heterocycles. The zero-order valence-corrected chi connectivity index (χ0v) is 13.0. The second kappa shape index (κ2) is 6.09. The van der Waals surface area contributed by atoms with E-state index >= 15 is 0 Å². The van der Waals surface area contributed by atoms with Crippen LogP contribution in [0.5, 0.6) is 0 Å². The van der Waals surface area contributed by atoms with Crippen molar-refractivity contribution in [2.45, 2.75) is 0 Å². The number of carbonyl (C=O) groups is 1. The third-order valence-corrected chi connectivity index (χ3v) is 4.13. The Morgan fingerprint density at radius 1 is 0.792 bits per heavy atom. The molecule has 0 fully saturated rings. The van der Waals surface area contributed by atoms with Gasteiger partial charge in [0, 0.05) is 6.20 Å². The molecule has 0 spiro atoms. The largest absolute Gasteiger partial charge is 0.288 e. The SMILES string of the molecule is O=C(/C=C/c1c2ccccc2cc2ccccc12)c1ccccn1. The summed E-state index contributed by atoms with van der Waals surface area (Å²) in [5, 5.41) is 4.62. The number of hydrogen-bond donors (Lipinski definition) is 0. The van der Waals surface area contributed by atoms with Crippen molar-refractivity contribution >= 4 is 33.4 Å². The second-order valence-corrected chi connectivity index (χ2v) is 5.65. The summed E-state index contributed by atoms with van der Waals surface area (Å²) in [5.74, 6) is -0.0902. The summed E-state index contributed by atoms with van der Waals surface area (Å²) >= 11 is 0. The summed E-state index contributed by atoms with van der Waals surface area (Å²) in [6.45, 7) is 0. The molecule has 0 aliphatic rings. The quantitative estimate of drug-likeness (QED) is 0.292. The summed E-state index contributed by atoms with van der Waals surface area (Å²) in [7, 11) is 0. The zero-order chi connectivity index (χ0) is 16.4. The van der Waals surface area contributed by atoms with Crippen LogP contribution in [0.15, 0.2) is 85.1 Å². The third-order valence-electron chi connectivity index (χ3n) is 4.13. The lowest BCUT2D eigenvalue weighted by Crippen LogP contribution is -1.96. The number of fused-ring (bicyclic) bond motifs is 2. The lowest BCUT2D eigenvalue weighted by Gasteiger charge is -2.08. The smallest absolute Gasteiger partial charge is 0.204 e. The minimum atomic E-state index is -0.0902. The van der Waals surface area contributed by atoms with Crippen LogP contribution in [0.3, 0.4) is 0 Å². The first-order valence-electron chi connectivity index (χ1n) is 7.87. The molecule has 0 bridgehead atoms. The van der Waals surface area contributed by atoms with E-state index in [0.717, 1.165) is 16.3 Å². The van der Waals surface area contributed by atoms with Crippen molar-refractivity contribution in [2.75, 3.05) is 0 Å². The van der Waals surface area contributed by atoms with Gasteiger partial charge in [-0.2, -0.15) is 0 Å². The van der Waals surface area contributed by atoms with Crippen LogP contribution in [0.25, 0.3) is 27.6 Å². The molecule has 1 aromatic heterocycles. The monoisotopic (exact) mass is 309 g/mol. The Kier molecular flexibility index (Phi) is 3.64. The van der Waals surface area contributed by atoms with Crippen LogP contribution < -0.4 is 0 Å². The summed E-state index contributed by atoms with van der Waals surface area (Å²) < 4.78 is 0. The Balaban J connectivity index is 1.88. The summed E-state index contributed by atoms with van der Waals surface area (Å²) in [5.41, 5.74) is 1.52. The van der Waals surface area contributed by atoms with Crippen LogP contribution in [-0.4, -0.2) is 10.8 Å². The maximum Gasteiger partial charge on any atom is 0.204 e. The number of rotatable bonds is 3. The number of ketones is 1. The van der Waals surface area contributed by atoms with Gasteiger partial charge in [0.25, 0.3) is 0 Å². The van der Waals surface area contributed by atoms with E-state index in [0.29, 0.717) is 5.69 Å². The molecule has 0 saturated heterocycles. The van der Waals surface area contributed by atoms with Crippen molar-refractivity contribution in [3.8, 4) is 0 Å². The first-order valence-corrected chi connectivity index (χ1v) is 7.87. The number of pyridine rings is 1. The molecule has 2 nitrogen and oxygen atoms in total. The summed E-state index contributed by atoms with van der Waals surface area (Å²) in [6.07, 6.45) is 5.15. The molecule has 2 heteroatoms. The number of aromatic nitrogens is 1. The highest BCUT2D eigenvalue weighted by Gasteiger charge is 2.06. The fourth-order valence-electron chi connectivity index (χ4n) is 2.98. The maximum atomic E-state index is 12.3. The molecule has 3 aromatic carbocycles. The highest BCUT2D eigenvalue weighted by molar-refractivity contribution is 6.11. The van der Waals surface area contributed by atoms with E-state index in [4.69, 9.17) is 0 Å². The summed E-state index contributed by atoms with van der Waals surface area (Å²) in [4.78, 5) is 16.5. The lowest BCUT2D eigenvalue weighted by molar-refractivity contribution is 0.104. The van der Waals surface area contributed by atoms with Crippen LogP contribution >= 0.6 is 0 Å². The fraction of sp³-hybridized carbons (Fsp3) is 0. The topological polar surface area (TPSA) is 30.0 Å². The second-order valence-electron chi connectivity index (χ2n) is 5.65. The molecule has 0 saturated carbocycles. The lowest BCUT2D eigenvalue weighted by atomic mass is 9.96. The van der Waals surface area contributed by atoms with Gasteiger partial charge in [0.2, 0.25) is 5.78 Å². The number of benzene rings is 3. The van der Waals surface area contributed by atoms with Gasteiger partial charge in [-0.1, -0.05) is 54.6 Å². The average Bonchev–Trinajstić information content (AvgIpc) is 2.65.